The molecule has 22 heavy (non-hydrogen) atoms. The van der Waals surface area contributed by atoms with Crippen molar-refractivity contribution < 1.29 is 4.79 Å². The highest BCUT2D eigenvalue weighted by Gasteiger charge is 2.34. The maximum Gasteiger partial charge on any atom is 0.226 e. The molecular weight excluding hydrogens is 276 g/mol. The first kappa shape index (κ1) is 14.0. The van der Waals surface area contributed by atoms with Crippen LogP contribution in [0.3, 0.4) is 0 Å². The van der Waals surface area contributed by atoms with Crippen LogP contribution in [0.2, 0.25) is 0 Å². The maximum absolute atomic E-state index is 12.8. The minimum absolute atomic E-state index is 0.240. The van der Waals surface area contributed by atoms with E-state index in [1.807, 2.05) is 11.8 Å². The number of amides is 1. The van der Waals surface area contributed by atoms with E-state index in [4.69, 9.17) is 0 Å². The van der Waals surface area contributed by atoms with E-state index >= 15 is 0 Å². The number of aromatic nitrogens is 2. The number of aryl methyl sites for hydroxylation is 1. The van der Waals surface area contributed by atoms with Crippen LogP contribution in [0.15, 0.2) is 0 Å². The van der Waals surface area contributed by atoms with Crippen molar-refractivity contribution in [1.82, 2.24) is 14.9 Å². The van der Waals surface area contributed by atoms with Crippen LogP contribution in [0.4, 0.5) is 5.82 Å². The van der Waals surface area contributed by atoms with Crippen LogP contribution in [0.25, 0.3) is 0 Å². The number of anilines is 1. The van der Waals surface area contributed by atoms with Crippen LogP contribution in [0.1, 0.15) is 55.6 Å². The van der Waals surface area contributed by atoms with Gasteiger partial charge in [0.25, 0.3) is 0 Å². The Labute approximate surface area is 131 Å². The third-order valence-electron chi connectivity index (χ3n) is 5.29. The number of carbonyl (C=O) groups is 1. The summed E-state index contributed by atoms with van der Waals surface area (Å²) < 4.78 is 0. The van der Waals surface area contributed by atoms with Gasteiger partial charge in [-0.05, 0) is 26.2 Å². The Kier molecular flexibility index (Phi) is 3.51. The van der Waals surface area contributed by atoms with Gasteiger partial charge in [-0.1, -0.05) is 19.3 Å². The molecule has 1 aliphatic carbocycles. The molecule has 0 unspecified atom stereocenters. The molecule has 0 aromatic carbocycles. The molecule has 2 fully saturated rings. The van der Waals surface area contributed by atoms with Crippen molar-refractivity contribution in [1.29, 1.82) is 0 Å². The lowest BCUT2D eigenvalue weighted by Crippen LogP contribution is -2.39. The van der Waals surface area contributed by atoms with E-state index in [-0.39, 0.29) is 5.92 Å². The summed E-state index contributed by atoms with van der Waals surface area (Å²) in [5.41, 5.74) is 2.26. The van der Waals surface area contributed by atoms with E-state index in [9.17, 15) is 4.79 Å². The number of rotatable bonds is 2. The lowest BCUT2D eigenvalue weighted by Gasteiger charge is -2.33. The van der Waals surface area contributed by atoms with E-state index in [2.05, 4.69) is 14.9 Å². The van der Waals surface area contributed by atoms with Crippen LogP contribution in [-0.4, -0.2) is 33.9 Å². The van der Waals surface area contributed by atoms with Gasteiger partial charge >= 0.3 is 0 Å². The summed E-state index contributed by atoms with van der Waals surface area (Å²) in [6.45, 7) is 5.50. The second-order valence-electron chi connectivity index (χ2n) is 6.89. The van der Waals surface area contributed by atoms with E-state index in [0.717, 1.165) is 43.3 Å². The first-order valence-electron chi connectivity index (χ1n) is 8.62. The molecule has 4 rings (SSSR count). The Morgan fingerprint density at radius 1 is 1.05 bits per heavy atom. The van der Waals surface area contributed by atoms with Gasteiger partial charge in [-0.25, -0.2) is 9.97 Å². The average Bonchev–Trinajstić information content (AvgIpc) is 2.89. The quantitative estimate of drug-likeness (QED) is 0.841. The van der Waals surface area contributed by atoms with Gasteiger partial charge in [0.15, 0.2) is 0 Å². The van der Waals surface area contributed by atoms with Gasteiger partial charge in [-0.2, -0.15) is 0 Å². The summed E-state index contributed by atoms with van der Waals surface area (Å²) in [7, 11) is 0. The van der Waals surface area contributed by atoms with Crippen molar-refractivity contribution in [2.45, 2.75) is 58.5 Å². The fraction of sp³-hybridized carbons (Fsp3) is 0.706. The molecule has 2 aliphatic heterocycles. The summed E-state index contributed by atoms with van der Waals surface area (Å²) in [5, 5.41) is 0. The van der Waals surface area contributed by atoms with Crippen LogP contribution in [0.5, 0.6) is 0 Å². The average molecular weight is 300 g/mol. The van der Waals surface area contributed by atoms with Crippen molar-refractivity contribution in [3.05, 3.63) is 17.1 Å². The highest BCUT2D eigenvalue weighted by Crippen LogP contribution is 2.34. The van der Waals surface area contributed by atoms with Crippen molar-refractivity contribution >= 4 is 11.7 Å². The molecular formula is C17H24N4O. The summed E-state index contributed by atoms with van der Waals surface area (Å²) in [6, 6.07) is 0. The Balaban J connectivity index is 1.55. The summed E-state index contributed by atoms with van der Waals surface area (Å²) >= 11 is 0. The van der Waals surface area contributed by atoms with Gasteiger partial charge in [-0.3, -0.25) is 4.79 Å². The van der Waals surface area contributed by atoms with E-state index in [1.165, 1.54) is 31.2 Å². The summed E-state index contributed by atoms with van der Waals surface area (Å²) in [4.78, 5) is 26.4. The zero-order chi connectivity index (χ0) is 15.1. The predicted octanol–water partition coefficient (Wildman–Crippen LogP) is 2.42. The number of carbonyl (C=O) groups excluding carboxylic acids is 1. The van der Waals surface area contributed by atoms with E-state index in [1.54, 1.807) is 0 Å². The molecule has 5 nitrogen and oxygen atoms in total. The molecule has 1 saturated carbocycles. The highest BCUT2D eigenvalue weighted by molar-refractivity contribution is 5.80. The van der Waals surface area contributed by atoms with Crippen LogP contribution in [-0.2, 0) is 17.9 Å². The maximum atomic E-state index is 12.8. The molecule has 3 aliphatic rings. The lowest BCUT2D eigenvalue weighted by molar-refractivity contribution is -0.137. The Morgan fingerprint density at radius 3 is 2.50 bits per heavy atom. The van der Waals surface area contributed by atoms with E-state index < -0.39 is 0 Å². The zero-order valence-electron chi connectivity index (χ0n) is 13.3. The topological polar surface area (TPSA) is 49.3 Å². The molecule has 3 heterocycles. The van der Waals surface area contributed by atoms with Gasteiger partial charge < -0.3 is 9.80 Å². The number of nitrogens with zero attached hydrogens (tertiary/aromatic N) is 4. The minimum Gasteiger partial charge on any atom is -0.356 e. The first-order valence-corrected chi connectivity index (χ1v) is 8.62. The normalized spacial score (nSPS) is 21.7. The molecule has 0 radical (unpaired) electrons. The molecule has 0 atom stereocenters. The van der Waals surface area contributed by atoms with Crippen LogP contribution < -0.4 is 4.90 Å². The standard InChI is InChI=1S/C17H24N4O/c1-12-18-15-11-21(17(22)13-6-3-2-4-7-13)10-14(15)16(19-12)20-8-5-9-20/h13H,2-11H2,1H3. The van der Waals surface area contributed by atoms with Gasteiger partial charge in [0.1, 0.15) is 11.6 Å². The highest BCUT2D eigenvalue weighted by atomic mass is 16.2. The number of fused-ring (bicyclic) bond motifs is 1. The van der Waals surface area contributed by atoms with E-state index in [0.29, 0.717) is 19.0 Å². The van der Waals surface area contributed by atoms with Gasteiger partial charge in [0, 0.05) is 24.6 Å². The zero-order valence-corrected chi connectivity index (χ0v) is 13.3. The third-order valence-corrected chi connectivity index (χ3v) is 5.29. The second kappa shape index (κ2) is 5.52. The molecule has 0 spiro atoms. The Bertz CT molecular complexity index is 591. The van der Waals surface area contributed by atoms with Gasteiger partial charge in [0.2, 0.25) is 5.91 Å². The molecule has 1 amide bonds. The van der Waals surface area contributed by atoms with Crippen LogP contribution in [0, 0.1) is 12.8 Å². The monoisotopic (exact) mass is 300 g/mol. The predicted molar refractivity (Wildman–Crippen MR) is 84.4 cm³/mol. The van der Waals surface area contributed by atoms with Crippen molar-refractivity contribution in [3.63, 3.8) is 0 Å². The molecule has 0 bridgehead atoms. The number of hydrogen-bond donors (Lipinski definition) is 0. The van der Waals surface area contributed by atoms with Crippen molar-refractivity contribution in [2.75, 3.05) is 18.0 Å². The Hall–Kier alpha value is -1.65. The minimum atomic E-state index is 0.240. The SMILES string of the molecule is Cc1nc2c(c(N3CCC3)n1)CN(C(=O)C1CCCCC1)C2. The summed E-state index contributed by atoms with van der Waals surface area (Å²) in [6.07, 6.45) is 7.06. The number of hydrogen-bond acceptors (Lipinski definition) is 4. The summed E-state index contributed by atoms with van der Waals surface area (Å²) in [5.74, 6) is 2.48. The van der Waals surface area contributed by atoms with Gasteiger partial charge in [-0.15, -0.1) is 0 Å². The third kappa shape index (κ3) is 2.36. The largest absolute Gasteiger partial charge is 0.356 e. The first-order chi connectivity index (χ1) is 10.7. The van der Waals surface area contributed by atoms with Crippen molar-refractivity contribution in [3.8, 4) is 0 Å². The fourth-order valence-electron chi connectivity index (χ4n) is 3.91. The molecule has 1 aromatic heterocycles. The van der Waals surface area contributed by atoms with Gasteiger partial charge in [0.05, 0.1) is 18.8 Å². The van der Waals surface area contributed by atoms with Crippen LogP contribution >= 0.6 is 0 Å². The molecule has 5 heteroatoms. The second-order valence-corrected chi connectivity index (χ2v) is 6.89. The lowest BCUT2D eigenvalue weighted by atomic mass is 9.88. The molecule has 0 N–H and O–H groups in total. The molecule has 1 saturated heterocycles. The molecule has 118 valence electrons. The smallest absolute Gasteiger partial charge is 0.226 e. The Morgan fingerprint density at radius 2 is 1.82 bits per heavy atom. The molecule has 1 aromatic rings. The fourth-order valence-corrected chi connectivity index (χ4v) is 3.91. The van der Waals surface area contributed by atoms with Crippen molar-refractivity contribution in [2.24, 2.45) is 5.92 Å².